The number of hydrogen-bond acceptors (Lipinski definition) is 3. The summed E-state index contributed by atoms with van der Waals surface area (Å²) >= 11 is 0. The Morgan fingerprint density at radius 3 is 3.11 bits per heavy atom. The van der Waals surface area contributed by atoms with E-state index >= 15 is 0 Å². The van der Waals surface area contributed by atoms with E-state index in [1.807, 2.05) is 24.0 Å². The van der Waals surface area contributed by atoms with Crippen LogP contribution in [0.1, 0.15) is 22.5 Å². The fourth-order valence-electron chi connectivity index (χ4n) is 3.10. The summed E-state index contributed by atoms with van der Waals surface area (Å²) in [5.74, 6) is 1.55. The number of pyridine rings is 1. The van der Waals surface area contributed by atoms with E-state index in [2.05, 4.69) is 10.3 Å². The Hall–Kier alpha value is -1.42. The Balaban J connectivity index is 1.75. The number of nitrogens with one attached hydrogen (secondary N) is 1. The summed E-state index contributed by atoms with van der Waals surface area (Å²) < 4.78 is 0. The van der Waals surface area contributed by atoms with Crippen LogP contribution in [0.2, 0.25) is 0 Å². The molecule has 2 unspecified atom stereocenters. The normalized spacial score (nSPS) is 27.1. The first-order valence-corrected chi connectivity index (χ1v) is 6.67. The van der Waals surface area contributed by atoms with Gasteiger partial charge >= 0.3 is 0 Å². The van der Waals surface area contributed by atoms with Crippen LogP contribution in [0.4, 0.5) is 0 Å². The summed E-state index contributed by atoms with van der Waals surface area (Å²) in [5.41, 5.74) is 1.58. The number of aromatic nitrogens is 1. The number of hydrogen-bond donors (Lipinski definition) is 1. The van der Waals surface area contributed by atoms with Crippen molar-refractivity contribution in [1.82, 2.24) is 15.2 Å². The molecule has 18 heavy (non-hydrogen) atoms. The summed E-state index contributed by atoms with van der Waals surface area (Å²) in [4.78, 5) is 18.7. The zero-order valence-corrected chi connectivity index (χ0v) is 10.7. The third-order valence-electron chi connectivity index (χ3n) is 4.23. The number of carbonyl (C=O) groups is 1. The molecule has 4 heteroatoms. The molecular formula is C14H19N3O. The van der Waals surface area contributed by atoms with Crippen molar-refractivity contribution in [2.75, 3.05) is 26.2 Å². The quantitative estimate of drug-likeness (QED) is 0.805. The standard InChI is InChI=1S/C14H19N3O/c1-10-13(3-2-5-16-10)14(18)17-6-4-11-7-15-8-12(11)9-17/h2-3,5,11-12,15H,4,6-9H2,1H3. The maximum atomic E-state index is 12.5. The van der Waals surface area contributed by atoms with Crippen LogP contribution in [0.3, 0.4) is 0 Å². The van der Waals surface area contributed by atoms with E-state index in [-0.39, 0.29) is 5.91 Å². The van der Waals surface area contributed by atoms with Crippen LogP contribution in [0.25, 0.3) is 0 Å². The van der Waals surface area contributed by atoms with Gasteiger partial charge in [-0.15, -0.1) is 0 Å². The maximum absolute atomic E-state index is 12.5. The second kappa shape index (κ2) is 4.69. The molecule has 3 heterocycles. The van der Waals surface area contributed by atoms with Gasteiger partial charge in [0, 0.05) is 25.0 Å². The van der Waals surface area contributed by atoms with E-state index in [1.165, 1.54) is 0 Å². The highest BCUT2D eigenvalue weighted by Gasteiger charge is 2.34. The number of amides is 1. The highest BCUT2D eigenvalue weighted by molar-refractivity contribution is 5.95. The molecule has 4 nitrogen and oxygen atoms in total. The van der Waals surface area contributed by atoms with Crippen molar-refractivity contribution in [3.05, 3.63) is 29.6 Å². The minimum atomic E-state index is 0.144. The average Bonchev–Trinajstić information content (AvgIpc) is 2.85. The molecule has 2 aliphatic heterocycles. The molecule has 1 N–H and O–H groups in total. The summed E-state index contributed by atoms with van der Waals surface area (Å²) in [7, 11) is 0. The van der Waals surface area contributed by atoms with Crippen molar-refractivity contribution in [2.45, 2.75) is 13.3 Å². The van der Waals surface area contributed by atoms with E-state index in [0.29, 0.717) is 5.92 Å². The largest absolute Gasteiger partial charge is 0.338 e. The van der Waals surface area contributed by atoms with Crippen molar-refractivity contribution in [1.29, 1.82) is 0 Å². The lowest BCUT2D eigenvalue weighted by Crippen LogP contribution is -2.43. The number of fused-ring (bicyclic) bond motifs is 1. The molecule has 3 rings (SSSR count). The zero-order valence-electron chi connectivity index (χ0n) is 10.7. The fourth-order valence-corrected chi connectivity index (χ4v) is 3.10. The number of likely N-dealkylation sites (tertiary alicyclic amines) is 1. The van der Waals surface area contributed by atoms with Gasteiger partial charge in [-0.2, -0.15) is 0 Å². The second-order valence-electron chi connectivity index (χ2n) is 5.35. The fraction of sp³-hybridized carbons (Fsp3) is 0.571. The summed E-state index contributed by atoms with van der Waals surface area (Å²) in [5, 5.41) is 3.42. The van der Waals surface area contributed by atoms with E-state index in [4.69, 9.17) is 0 Å². The van der Waals surface area contributed by atoms with Gasteiger partial charge in [0.25, 0.3) is 5.91 Å². The van der Waals surface area contributed by atoms with Gasteiger partial charge in [-0.1, -0.05) is 0 Å². The number of rotatable bonds is 1. The monoisotopic (exact) mass is 245 g/mol. The van der Waals surface area contributed by atoms with E-state index in [9.17, 15) is 4.79 Å². The van der Waals surface area contributed by atoms with Crippen LogP contribution in [0.15, 0.2) is 18.3 Å². The summed E-state index contributed by atoms with van der Waals surface area (Å²) in [6.07, 6.45) is 2.86. The zero-order chi connectivity index (χ0) is 12.5. The molecule has 2 fully saturated rings. The van der Waals surface area contributed by atoms with E-state index in [1.54, 1.807) is 6.20 Å². The Labute approximate surface area is 107 Å². The van der Waals surface area contributed by atoms with Crippen LogP contribution < -0.4 is 5.32 Å². The molecule has 0 spiro atoms. The van der Waals surface area contributed by atoms with Crippen LogP contribution >= 0.6 is 0 Å². The Morgan fingerprint density at radius 2 is 2.28 bits per heavy atom. The molecular weight excluding hydrogens is 226 g/mol. The van der Waals surface area contributed by atoms with Gasteiger partial charge in [0.15, 0.2) is 0 Å². The molecule has 1 amide bonds. The Bertz CT molecular complexity index is 460. The van der Waals surface area contributed by atoms with Gasteiger partial charge in [0.05, 0.1) is 5.56 Å². The van der Waals surface area contributed by atoms with Crippen LogP contribution in [0, 0.1) is 18.8 Å². The molecule has 0 bridgehead atoms. The van der Waals surface area contributed by atoms with Crippen molar-refractivity contribution in [2.24, 2.45) is 11.8 Å². The van der Waals surface area contributed by atoms with Gasteiger partial charge in [0.2, 0.25) is 0 Å². The third kappa shape index (κ3) is 2.01. The minimum absolute atomic E-state index is 0.144. The minimum Gasteiger partial charge on any atom is -0.338 e. The van der Waals surface area contributed by atoms with Crippen molar-refractivity contribution >= 4 is 5.91 Å². The first-order valence-electron chi connectivity index (χ1n) is 6.67. The van der Waals surface area contributed by atoms with E-state index in [0.717, 1.165) is 49.8 Å². The van der Waals surface area contributed by atoms with Gasteiger partial charge in [-0.05, 0) is 50.4 Å². The highest BCUT2D eigenvalue weighted by atomic mass is 16.2. The predicted octanol–water partition coefficient (Wildman–Crippen LogP) is 1.07. The molecule has 2 aliphatic rings. The van der Waals surface area contributed by atoms with Gasteiger partial charge < -0.3 is 10.2 Å². The SMILES string of the molecule is Cc1ncccc1C(=O)N1CCC2CNCC2C1. The Kier molecular flexibility index (Phi) is 3.04. The molecule has 0 aliphatic carbocycles. The van der Waals surface area contributed by atoms with Crippen LogP contribution in [-0.4, -0.2) is 42.0 Å². The van der Waals surface area contributed by atoms with Crippen molar-refractivity contribution in [3.63, 3.8) is 0 Å². The summed E-state index contributed by atoms with van der Waals surface area (Å²) in [6, 6.07) is 3.72. The van der Waals surface area contributed by atoms with Gasteiger partial charge in [-0.3, -0.25) is 9.78 Å². The third-order valence-corrected chi connectivity index (χ3v) is 4.23. The highest BCUT2D eigenvalue weighted by Crippen LogP contribution is 2.27. The molecule has 1 aromatic rings. The molecule has 0 aromatic carbocycles. The number of carbonyl (C=O) groups excluding carboxylic acids is 1. The van der Waals surface area contributed by atoms with E-state index < -0.39 is 0 Å². The topological polar surface area (TPSA) is 45.2 Å². The second-order valence-corrected chi connectivity index (χ2v) is 5.35. The lowest BCUT2D eigenvalue weighted by atomic mass is 9.88. The van der Waals surface area contributed by atoms with Gasteiger partial charge in [0.1, 0.15) is 0 Å². The number of aryl methyl sites for hydroxylation is 1. The van der Waals surface area contributed by atoms with Crippen LogP contribution in [0.5, 0.6) is 0 Å². The average molecular weight is 245 g/mol. The number of piperidine rings is 1. The summed E-state index contributed by atoms with van der Waals surface area (Å²) in [6.45, 7) is 5.86. The molecule has 0 saturated carbocycles. The smallest absolute Gasteiger partial charge is 0.255 e. The first kappa shape index (κ1) is 11.7. The molecule has 96 valence electrons. The van der Waals surface area contributed by atoms with Crippen LogP contribution in [-0.2, 0) is 0 Å². The lowest BCUT2D eigenvalue weighted by Gasteiger charge is -2.34. The Morgan fingerprint density at radius 1 is 1.44 bits per heavy atom. The first-order chi connectivity index (χ1) is 8.75. The molecule has 2 saturated heterocycles. The van der Waals surface area contributed by atoms with Crippen molar-refractivity contribution in [3.8, 4) is 0 Å². The lowest BCUT2D eigenvalue weighted by molar-refractivity contribution is 0.0641. The maximum Gasteiger partial charge on any atom is 0.255 e. The molecule has 0 radical (unpaired) electrons. The van der Waals surface area contributed by atoms with Gasteiger partial charge in [-0.25, -0.2) is 0 Å². The van der Waals surface area contributed by atoms with Crippen molar-refractivity contribution < 1.29 is 4.79 Å². The molecule has 2 atom stereocenters. The molecule has 1 aromatic heterocycles. The number of nitrogens with zero attached hydrogens (tertiary/aromatic N) is 2. The predicted molar refractivity (Wildman–Crippen MR) is 69.3 cm³/mol.